The van der Waals surface area contributed by atoms with Crippen LogP contribution in [-0.2, 0) is 13.2 Å². The normalized spacial score (nSPS) is 10.7. The van der Waals surface area contributed by atoms with Crippen molar-refractivity contribution in [2.24, 2.45) is 5.92 Å². The molecule has 0 amide bonds. The molecular formula is C17H22N4O. The van der Waals surface area contributed by atoms with Gasteiger partial charge < -0.3 is 10.5 Å². The Morgan fingerprint density at radius 2 is 2.09 bits per heavy atom. The van der Waals surface area contributed by atoms with E-state index in [2.05, 4.69) is 38.0 Å². The van der Waals surface area contributed by atoms with Crippen LogP contribution in [0.15, 0.2) is 18.2 Å². The van der Waals surface area contributed by atoms with Gasteiger partial charge in [-0.3, -0.25) is 0 Å². The summed E-state index contributed by atoms with van der Waals surface area (Å²) in [6, 6.07) is 8.27. The molecule has 0 aliphatic carbocycles. The predicted molar refractivity (Wildman–Crippen MR) is 86.4 cm³/mol. The third-order valence-corrected chi connectivity index (χ3v) is 3.47. The minimum Gasteiger partial charge on any atom is -0.471 e. The summed E-state index contributed by atoms with van der Waals surface area (Å²) >= 11 is 0. The predicted octanol–water partition coefficient (Wildman–Crippen LogP) is 3.19. The minimum atomic E-state index is 0.306. The highest BCUT2D eigenvalue weighted by Gasteiger charge is 2.17. The first kappa shape index (κ1) is 15.9. The number of nitriles is 1. The number of hydrogen-bond acceptors (Lipinski definition) is 4. The number of benzene rings is 1. The van der Waals surface area contributed by atoms with Crippen LogP contribution >= 0.6 is 0 Å². The monoisotopic (exact) mass is 298 g/mol. The number of anilines is 1. The summed E-state index contributed by atoms with van der Waals surface area (Å²) in [5.41, 5.74) is 9.74. The summed E-state index contributed by atoms with van der Waals surface area (Å²) < 4.78 is 7.38. The second-order valence-corrected chi connectivity index (χ2v) is 5.97. The first-order valence-corrected chi connectivity index (χ1v) is 7.37. The van der Waals surface area contributed by atoms with Crippen LogP contribution in [-0.4, -0.2) is 9.78 Å². The zero-order chi connectivity index (χ0) is 16.3. The van der Waals surface area contributed by atoms with Crippen molar-refractivity contribution in [2.45, 2.75) is 40.8 Å². The van der Waals surface area contributed by atoms with Crippen LogP contribution < -0.4 is 10.5 Å². The molecule has 0 unspecified atom stereocenters. The van der Waals surface area contributed by atoms with E-state index >= 15 is 0 Å². The lowest BCUT2D eigenvalue weighted by Crippen LogP contribution is -2.09. The van der Waals surface area contributed by atoms with Gasteiger partial charge in [0.15, 0.2) is 5.56 Å². The van der Waals surface area contributed by atoms with Gasteiger partial charge in [0.2, 0.25) is 0 Å². The molecule has 0 fully saturated rings. The van der Waals surface area contributed by atoms with Crippen molar-refractivity contribution >= 4 is 5.82 Å². The fourth-order valence-electron chi connectivity index (χ4n) is 2.30. The van der Waals surface area contributed by atoms with Gasteiger partial charge in [-0.2, -0.15) is 5.26 Å². The molecule has 5 nitrogen and oxygen atoms in total. The van der Waals surface area contributed by atoms with Crippen LogP contribution in [0.25, 0.3) is 0 Å². The quantitative estimate of drug-likeness (QED) is 0.919. The molecule has 0 saturated carbocycles. The van der Waals surface area contributed by atoms with Crippen molar-refractivity contribution in [1.29, 1.82) is 5.26 Å². The van der Waals surface area contributed by atoms with Gasteiger partial charge in [0.1, 0.15) is 18.5 Å². The van der Waals surface area contributed by atoms with Crippen molar-refractivity contribution in [3.8, 4) is 11.9 Å². The zero-order valence-corrected chi connectivity index (χ0v) is 13.6. The molecule has 116 valence electrons. The molecule has 2 N–H and O–H groups in total. The van der Waals surface area contributed by atoms with E-state index in [1.54, 1.807) is 4.68 Å². The lowest BCUT2D eigenvalue weighted by atomic mass is 10.1. The number of hydrogen-bond donors (Lipinski definition) is 1. The first-order chi connectivity index (χ1) is 10.4. The fraction of sp³-hybridized carbons (Fsp3) is 0.412. The number of nitrogens with zero attached hydrogens (tertiary/aromatic N) is 3. The standard InChI is InChI=1S/C17H22N4O/c1-11(2)9-21-16(19)15(8-18)17(20-21)22-10-14-6-5-12(3)7-13(14)4/h5-7,11H,9-10,19H2,1-4H3. The molecule has 1 aromatic carbocycles. The Morgan fingerprint density at radius 1 is 1.36 bits per heavy atom. The molecule has 2 aromatic rings. The first-order valence-electron chi connectivity index (χ1n) is 7.37. The maximum atomic E-state index is 9.27. The maximum absolute atomic E-state index is 9.27. The Bertz CT molecular complexity index is 710. The third kappa shape index (κ3) is 3.40. The van der Waals surface area contributed by atoms with E-state index in [0.717, 1.165) is 11.1 Å². The van der Waals surface area contributed by atoms with E-state index in [4.69, 9.17) is 10.5 Å². The Hall–Kier alpha value is -2.48. The Kier molecular flexibility index (Phi) is 4.71. The van der Waals surface area contributed by atoms with Crippen molar-refractivity contribution in [1.82, 2.24) is 9.78 Å². The van der Waals surface area contributed by atoms with Gasteiger partial charge in [-0.25, -0.2) is 4.68 Å². The fourth-order valence-corrected chi connectivity index (χ4v) is 2.30. The summed E-state index contributed by atoms with van der Waals surface area (Å²) in [7, 11) is 0. The summed E-state index contributed by atoms with van der Waals surface area (Å²) in [6.45, 7) is 9.28. The third-order valence-electron chi connectivity index (χ3n) is 3.47. The smallest absolute Gasteiger partial charge is 0.253 e. The van der Waals surface area contributed by atoms with Gasteiger partial charge in [-0.1, -0.05) is 37.6 Å². The summed E-state index contributed by atoms with van der Waals surface area (Å²) in [5, 5.41) is 13.6. The van der Waals surface area contributed by atoms with Crippen LogP contribution in [0.3, 0.4) is 0 Å². The number of nitrogens with two attached hydrogens (primary N) is 1. The molecule has 0 bridgehead atoms. The number of aryl methyl sites for hydroxylation is 2. The van der Waals surface area contributed by atoms with E-state index < -0.39 is 0 Å². The summed E-state index contributed by atoms with van der Waals surface area (Å²) in [4.78, 5) is 0. The molecule has 0 aliphatic rings. The second kappa shape index (κ2) is 6.52. The van der Waals surface area contributed by atoms with Gasteiger partial charge in [0.05, 0.1) is 0 Å². The SMILES string of the molecule is Cc1ccc(COc2nn(CC(C)C)c(N)c2C#N)c(C)c1. The molecule has 0 spiro atoms. The van der Waals surface area contributed by atoms with Crippen LogP contribution in [0.1, 0.15) is 36.1 Å². The minimum absolute atomic E-state index is 0.306. The number of rotatable bonds is 5. The van der Waals surface area contributed by atoms with E-state index in [-0.39, 0.29) is 0 Å². The highest BCUT2D eigenvalue weighted by Crippen LogP contribution is 2.25. The van der Waals surface area contributed by atoms with Crippen LogP contribution in [0.5, 0.6) is 5.88 Å². The molecule has 0 radical (unpaired) electrons. The molecular weight excluding hydrogens is 276 g/mol. The summed E-state index contributed by atoms with van der Waals surface area (Å²) in [6.07, 6.45) is 0. The van der Waals surface area contributed by atoms with Gasteiger partial charge in [0.25, 0.3) is 5.88 Å². The van der Waals surface area contributed by atoms with E-state index in [1.165, 1.54) is 5.56 Å². The van der Waals surface area contributed by atoms with Crippen molar-refractivity contribution in [2.75, 3.05) is 5.73 Å². The maximum Gasteiger partial charge on any atom is 0.253 e. The Labute approximate surface area is 131 Å². The van der Waals surface area contributed by atoms with Crippen molar-refractivity contribution in [3.05, 3.63) is 40.5 Å². The van der Waals surface area contributed by atoms with Gasteiger partial charge in [0, 0.05) is 6.54 Å². The van der Waals surface area contributed by atoms with Crippen molar-refractivity contribution in [3.63, 3.8) is 0 Å². The average molecular weight is 298 g/mol. The van der Waals surface area contributed by atoms with Gasteiger partial charge in [-0.15, -0.1) is 5.10 Å². The Morgan fingerprint density at radius 3 is 2.68 bits per heavy atom. The molecule has 0 atom stereocenters. The highest BCUT2D eigenvalue weighted by atomic mass is 16.5. The van der Waals surface area contributed by atoms with Crippen LogP contribution in [0.4, 0.5) is 5.82 Å². The lowest BCUT2D eigenvalue weighted by Gasteiger charge is -2.08. The zero-order valence-electron chi connectivity index (χ0n) is 13.6. The molecule has 0 saturated heterocycles. The second-order valence-electron chi connectivity index (χ2n) is 5.97. The van der Waals surface area contributed by atoms with Gasteiger partial charge >= 0.3 is 0 Å². The average Bonchev–Trinajstić information content (AvgIpc) is 2.73. The van der Waals surface area contributed by atoms with E-state index in [0.29, 0.717) is 36.3 Å². The van der Waals surface area contributed by atoms with Gasteiger partial charge in [-0.05, 0) is 30.9 Å². The number of ether oxygens (including phenoxy) is 1. The van der Waals surface area contributed by atoms with E-state index in [9.17, 15) is 5.26 Å². The topological polar surface area (TPSA) is 76.9 Å². The molecule has 2 rings (SSSR count). The molecule has 5 heteroatoms. The Balaban J connectivity index is 2.20. The molecule has 22 heavy (non-hydrogen) atoms. The van der Waals surface area contributed by atoms with Crippen LogP contribution in [0, 0.1) is 31.1 Å². The highest BCUT2D eigenvalue weighted by molar-refractivity contribution is 5.55. The molecule has 1 heterocycles. The van der Waals surface area contributed by atoms with E-state index in [1.807, 2.05) is 19.1 Å². The largest absolute Gasteiger partial charge is 0.471 e. The molecule has 1 aromatic heterocycles. The van der Waals surface area contributed by atoms with Crippen molar-refractivity contribution < 1.29 is 4.74 Å². The van der Waals surface area contributed by atoms with Crippen LogP contribution in [0.2, 0.25) is 0 Å². The summed E-state index contributed by atoms with van der Waals surface area (Å²) in [5.74, 6) is 1.06. The molecule has 0 aliphatic heterocycles. The lowest BCUT2D eigenvalue weighted by molar-refractivity contribution is 0.286. The number of aromatic nitrogens is 2. The number of nitrogen functional groups attached to an aromatic ring is 1.